The molecule has 0 saturated heterocycles. The molecule has 1 fully saturated rings. The number of hydrogen-bond donors (Lipinski definition) is 1. The molecular formula is C16H22N4O. The van der Waals surface area contributed by atoms with Gasteiger partial charge in [0.2, 0.25) is 11.7 Å². The molecule has 5 nitrogen and oxygen atoms in total. The Bertz CT molecular complexity index is 587. The minimum Gasteiger partial charge on any atom is -0.339 e. The van der Waals surface area contributed by atoms with Crippen LogP contribution >= 0.6 is 0 Å². The first-order valence-corrected chi connectivity index (χ1v) is 7.76. The number of hydrogen-bond acceptors (Lipinski definition) is 5. The van der Waals surface area contributed by atoms with Crippen LogP contribution in [0.4, 0.5) is 0 Å². The topological polar surface area (TPSA) is 63.8 Å². The second-order valence-corrected chi connectivity index (χ2v) is 5.75. The Morgan fingerprint density at radius 2 is 2.10 bits per heavy atom. The van der Waals surface area contributed by atoms with E-state index >= 15 is 0 Å². The number of rotatable bonds is 4. The Hall–Kier alpha value is -1.75. The molecule has 2 aromatic heterocycles. The van der Waals surface area contributed by atoms with Crippen molar-refractivity contribution < 1.29 is 4.52 Å². The molecule has 0 radical (unpaired) electrons. The third kappa shape index (κ3) is 3.13. The molecule has 0 aromatic carbocycles. The van der Waals surface area contributed by atoms with Crippen LogP contribution in [0.1, 0.15) is 50.0 Å². The van der Waals surface area contributed by atoms with Gasteiger partial charge in [-0.2, -0.15) is 4.98 Å². The molecule has 2 heterocycles. The highest BCUT2D eigenvalue weighted by Gasteiger charge is 2.26. The van der Waals surface area contributed by atoms with E-state index in [0.717, 1.165) is 36.4 Å². The molecule has 0 amide bonds. The van der Waals surface area contributed by atoms with E-state index in [1.807, 2.05) is 19.2 Å². The van der Waals surface area contributed by atoms with Crippen LogP contribution in [0.5, 0.6) is 0 Å². The van der Waals surface area contributed by atoms with E-state index in [4.69, 9.17) is 4.52 Å². The van der Waals surface area contributed by atoms with Crippen LogP contribution in [-0.2, 0) is 0 Å². The molecule has 0 aliphatic heterocycles. The quantitative estimate of drug-likeness (QED) is 0.935. The molecule has 0 bridgehead atoms. The number of aryl methyl sites for hydroxylation is 1. The Morgan fingerprint density at radius 1 is 1.29 bits per heavy atom. The Balaban J connectivity index is 1.70. The first kappa shape index (κ1) is 14.2. The zero-order chi connectivity index (χ0) is 14.7. The molecule has 2 aromatic rings. The standard InChI is InChI=1S/C16H22N4O/c1-3-18-13-6-4-12(5-7-13)16-19-15(20-21-16)14-8-9-17-10-11(14)2/h8-10,12-13,18H,3-7H2,1-2H3. The molecule has 0 unspecified atom stereocenters. The van der Waals surface area contributed by atoms with Gasteiger partial charge in [-0.05, 0) is 50.8 Å². The fraction of sp³-hybridized carbons (Fsp3) is 0.562. The molecule has 5 heteroatoms. The van der Waals surface area contributed by atoms with Gasteiger partial charge in [0.15, 0.2) is 0 Å². The lowest BCUT2D eigenvalue weighted by molar-refractivity contribution is 0.285. The van der Waals surface area contributed by atoms with Crippen LogP contribution in [0, 0.1) is 6.92 Å². The molecule has 1 N–H and O–H groups in total. The summed E-state index contributed by atoms with van der Waals surface area (Å²) in [5, 5.41) is 7.67. The lowest BCUT2D eigenvalue weighted by atomic mass is 9.86. The maximum atomic E-state index is 5.51. The number of pyridine rings is 1. The SMILES string of the molecule is CCNC1CCC(c2nc(-c3ccncc3C)no2)CC1. The average molecular weight is 286 g/mol. The van der Waals surface area contributed by atoms with Gasteiger partial charge in [-0.25, -0.2) is 0 Å². The zero-order valence-electron chi connectivity index (χ0n) is 12.7. The van der Waals surface area contributed by atoms with Crippen LogP contribution in [-0.4, -0.2) is 27.7 Å². The summed E-state index contributed by atoms with van der Waals surface area (Å²) in [7, 11) is 0. The van der Waals surface area contributed by atoms with Gasteiger partial charge in [-0.1, -0.05) is 12.1 Å². The van der Waals surface area contributed by atoms with Crippen molar-refractivity contribution in [3.63, 3.8) is 0 Å². The molecule has 3 rings (SSSR count). The van der Waals surface area contributed by atoms with Gasteiger partial charge in [0.1, 0.15) is 0 Å². The van der Waals surface area contributed by atoms with Gasteiger partial charge >= 0.3 is 0 Å². The minimum atomic E-state index is 0.406. The summed E-state index contributed by atoms with van der Waals surface area (Å²) in [5.41, 5.74) is 2.07. The van der Waals surface area contributed by atoms with Crippen molar-refractivity contribution in [2.75, 3.05) is 6.54 Å². The fourth-order valence-electron chi connectivity index (χ4n) is 3.07. The zero-order valence-corrected chi connectivity index (χ0v) is 12.7. The van der Waals surface area contributed by atoms with E-state index in [9.17, 15) is 0 Å². The summed E-state index contributed by atoms with van der Waals surface area (Å²) in [6.07, 6.45) is 8.20. The first-order valence-electron chi connectivity index (χ1n) is 7.76. The highest BCUT2D eigenvalue weighted by molar-refractivity contribution is 5.57. The summed E-state index contributed by atoms with van der Waals surface area (Å²) in [6.45, 7) is 5.22. The fourth-order valence-corrected chi connectivity index (χ4v) is 3.07. The molecule has 21 heavy (non-hydrogen) atoms. The van der Waals surface area contributed by atoms with Crippen LogP contribution in [0.25, 0.3) is 11.4 Å². The number of nitrogens with zero attached hydrogens (tertiary/aromatic N) is 3. The average Bonchev–Trinajstić information content (AvgIpc) is 2.98. The molecule has 1 saturated carbocycles. The maximum Gasteiger partial charge on any atom is 0.230 e. The van der Waals surface area contributed by atoms with Crippen molar-refractivity contribution in [2.45, 2.75) is 51.5 Å². The van der Waals surface area contributed by atoms with E-state index in [2.05, 4.69) is 27.4 Å². The van der Waals surface area contributed by atoms with Gasteiger partial charge in [0.05, 0.1) is 0 Å². The lowest BCUT2D eigenvalue weighted by Gasteiger charge is -2.26. The number of aromatic nitrogens is 3. The van der Waals surface area contributed by atoms with Gasteiger partial charge in [-0.3, -0.25) is 4.98 Å². The minimum absolute atomic E-state index is 0.406. The molecule has 1 aliphatic carbocycles. The normalized spacial score (nSPS) is 22.4. The van der Waals surface area contributed by atoms with Crippen LogP contribution < -0.4 is 5.32 Å². The second-order valence-electron chi connectivity index (χ2n) is 5.75. The van der Waals surface area contributed by atoms with Crippen molar-refractivity contribution in [1.82, 2.24) is 20.4 Å². The number of nitrogens with one attached hydrogen (secondary N) is 1. The first-order chi connectivity index (χ1) is 10.3. The third-order valence-electron chi connectivity index (χ3n) is 4.27. The third-order valence-corrected chi connectivity index (χ3v) is 4.27. The van der Waals surface area contributed by atoms with Crippen molar-refractivity contribution in [2.24, 2.45) is 0 Å². The summed E-state index contributed by atoms with van der Waals surface area (Å²) < 4.78 is 5.51. The van der Waals surface area contributed by atoms with Gasteiger partial charge in [-0.15, -0.1) is 0 Å². The van der Waals surface area contributed by atoms with Crippen molar-refractivity contribution >= 4 is 0 Å². The Kier molecular flexibility index (Phi) is 4.29. The Labute approximate surface area is 125 Å². The lowest BCUT2D eigenvalue weighted by Crippen LogP contribution is -2.32. The predicted molar refractivity (Wildman–Crippen MR) is 80.9 cm³/mol. The van der Waals surface area contributed by atoms with Crippen molar-refractivity contribution in [1.29, 1.82) is 0 Å². The summed E-state index contributed by atoms with van der Waals surface area (Å²) in [5.74, 6) is 1.87. The Morgan fingerprint density at radius 3 is 2.81 bits per heavy atom. The van der Waals surface area contributed by atoms with E-state index in [0.29, 0.717) is 17.8 Å². The predicted octanol–water partition coefficient (Wildman–Crippen LogP) is 3.08. The summed E-state index contributed by atoms with van der Waals surface area (Å²) in [6, 6.07) is 2.59. The molecular weight excluding hydrogens is 264 g/mol. The van der Waals surface area contributed by atoms with Crippen LogP contribution in [0.2, 0.25) is 0 Å². The van der Waals surface area contributed by atoms with E-state index in [1.54, 1.807) is 6.20 Å². The monoisotopic (exact) mass is 286 g/mol. The van der Waals surface area contributed by atoms with Crippen LogP contribution in [0.3, 0.4) is 0 Å². The van der Waals surface area contributed by atoms with Gasteiger partial charge in [0, 0.05) is 29.9 Å². The summed E-state index contributed by atoms with van der Waals surface area (Å²) >= 11 is 0. The highest BCUT2D eigenvalue weighted by atomic mass is 16.5. The summed E-state index contributed by atoms with van der Waals surface area (Å²) in [4.78, 5) is 8.71. The largest absolute Gasteiger partial charge is 0.339 e. The van der Waals surface area contributed by atoms with E-state index in [1.165, 1.54) is 12.8 Å². The maximum absolute atomic E-state index is 5.51. The van der Waals surface area contributed by atoms with Crippen LogP contribution in [0.15, 0.2) is 23.0 Å². The van der Waals surface area contributed by atoms with Crippen molar-refractivity contribution in [3.8, 4) is 11.4 Å². The van der Waals surface area contributed by atoms with Crippen molar-refractivity contribution in [3.05, 3.63) is 29.9 Å². The van der Waals surface area contributed by atoms with Gasteiger partial charge < -0.3 is 9.84 Å². The van der Waals surface area contributed by atoms with E-state index < -0.39 is 0 Å². The van der Waals surface area contributed by atoms with Gasteiger partial charge in [0.25, 0.3) is 0 Å². The molecule has 1 aliphatic rings. The molecule has 0 spiro atoms. The highest BCUT2D eigenvalue weighted by Crippen LogP contribution is 2.33. The smallest absolute Gasteiger partial charge is 0.230 e. The van der Waals surface area contributed by atoms with E-state index in [-0.39, 0.29) is 0 Å². The molecule has 112 valence electrons. The molecule has 0 atom stereocenters. The second kappa shape index (κ2) is 6.35.